The SMILES string of the molecule is COCCC(C)C(CN)Cc1ccccc1C. The van der Waals surface area contributed by atoms with E-state index in [0.29, 0.717) is 11.8 Å². The van der Waals surface area contributed by atoms with Gasteiger partial charge in [0.1, 0.15) is 0 Å². The van der Waals surface area contributed by atoms with E-state index in [1.54, 1.807) is 7.11 Å². The Bertz CT molecular complexity index is 324. The van der Waals surface area contributed by atoms with Crippen molar-refractivity contribution in [1.82, 2.24) is 0 Å². The Kier molecular flexibility index (Phi) is 6.23. The molecule has 0 aliphatic carbocycles. The molecular weight excluding hydrogens is 210 g/mol. The van der Waals surface area contributed by atoms with Crippen LogP contribution in [0.3, 0.4) is 0 Å². The molecule has 2 heteroatoms. The Labute approximate surface area is 105 Å². The molecular formula is C15H25NO. The third-order valence-electron chi connectivity index (χ3n) is 3.63. The highest BCUT2D eigenvalue weighted by Crippen LogP contribution is 2.21. The summed E-state index contributed by atoms with van der Waals surface area (Å²) in [6.45, 7) is 6.02. The summed E-state index contributed by atoms with van der Waals surface area (Å²) in [5.41, 5.74) is 8.69. The average molecular weight is 235 g/mol. The lowest BCUT2D eigenvalue weighted by Gasteiger charge is -2.23. The van der Waals surface area contributed by atoms with Crippen molar-refractivity contribution in [3.8, 4) is 0 Å². The van der Waals surface area contributed by atoms with E-state index >= 15 is 0 Å². The highest BCUT2D eigenvalue weighted by atomic mass is 16.5. The minimum Gasteiger partial charge on any atom is -0.385 e. The Morgan fingerprint density at radius 3 is 2.59 bits per heavy atom. The molecule has 2 unspecified atom stereocenters. The Morgan fingerprint density at radius 2 is 2.00 bits per heavy atom. The van der Waals surface area contributed by atoms with E-state index in [2.05, 4.69) is 38.1 Å². The molecule has 0 fully saturated rings. The summed E-state index contributed by atoms with van der Waals surface area (Å²) >= 11 is 0. The average Bonchev–Trinajstić information content (AvgIpc) is 2.35. The number of rotatable bonds is 7. The molecule has 0 aliphatic rings. The fourth-order valence-corrected chi connectivity index (χ4v) is 2.18. The van der Waals surface area contributed by atoms with Gasteiger partial charge >= 0.3 is 0 Å². The summed E-state index contributed by atoms with van der Waals surface area (Å²) in [6, 6.07) is 8.57. The van der Waals surface area contributed by atoms with Gasteiger partial charge in [-0.15, -0.1) is 0 Å². The van der Waals surface area contributed by atoms with E-state index in [-0.39, 0.29) is 0 Å². The van der Waals surface area contributed by atoms with Gasteiger partial charge in [-0.1, -0.05) is 31.2 Å². The first-order chi connectivity index (χ1) is 8.19. The van der Waals surface area contributed by atoms with Crippen molar-refractivity contribution in [2.45, 2.75) is 26.7 Å². The molecule has 2 nitrogen and oxygen atoms in total. The largest absolute Gasteiger partial charge is 0.385 e. The van der Waals surface area contributed by atoms with Crippen LogP contribution in [0, 0.1) is 18.8 Å². The van der Waals surface area contributed by atoms with E-state index in [9.17, 15) is 0 Å². The molecule has 2 N–H and O–H groups in total. The van der Waals surface area contributed by atoms with Gasteiger partial charge in [-0.25, -0.2) is 0 Å². The van der Waals surface area contributed by atoms with Crippen LogP contribution in [0.15, 0.2) is 24.3 Å². The van der Waals surface area contributed by atoms with Gasteiger partial charge in [0.2, 0.25) is 0 Å². The van der Waals surface area contributed by atoms with Crippen LogP contribution < -0.4 is 5.73 Å². The Hall–Kier alpha value is -0.860. The zero-order chi connectivity index (χ0) is 12.7. The molecule has 0 amide bonds. The first kappa shape index (κ1) is 14.2. The van der Waals surface area contributed by atoms with Crippen molar-refractivity contribution < 1.29 is 4.74 Å². The summed E-state index contributed by atoms with van der Waals surface area (Å²) in [6.07, 6.45) is 2.16. The lowest BCUT2D eigenvalue weighted by molar-refractivity contribution is 0.165. The van der Waals surface area contributed by atoms with Crippen LogP contribution in [-0.2, 0) is 11.2 Å². The second kappa shape index (κ2) is 7.46. The van der Waals surface area contributed by atoms with E-state index in [0.717, 1.165) is 26.0 Å². The molecule has 1 aromatic rings. The third-order valence-corrected chi connectivity index (χ3v) is 3.63. The maximum atomic E-state index is 5.90. The van der Waals surface area contributed by atoms with Crippen molar-refractivity contribution in [2.24, 2.45) is 17.6 Å². The molecule has 0 saturated heterocycles. The summed E-state index contributed by atoms with van der Waals surface area (Å²) in [5.74, 6) is 1.16. The fraction of sp³-hybridized carbons (Fsp3) is 0.600. The Balaban J connectivity index is 2.60. The van der Waals surface area contributed by atoms with E-state index in [4.69, 9.17) is 10.5 Å². The van der Waals surface area contributed by atoms with E-state index in [1.807, 2.05) is 0 Å². The van der Waals surface area contributed by atoms with Gasteiger partial charge in [-0.3, -0.25) is 0 Å². The zero-order valence-electron chi connectivity index (χ0n) is 11.3. The highest BCUT2D eigenvalue weighted by molar-refractivity contribution is 5.26. The molecule has 0 bridgehead atoms. The number of hydrogen-bond acceptors (Lipinski definition) is 2. The van der Waals surface area contributed by atoms with Crippen molar-refractivity contribution in [2.75, 3.05) is 20.3 Å². The fourth-order valence-electron chi connectivity index (χ4n) is 2.18. The molecule has 0 heterocycles. The summed E-state index contributed by atoms with van der Waals surface area (Å²) in [4.78, 5) is 0. The molecule has 0 saturated carbocycles. The van der Waals surface area contributed by atoms with E-state index < -0.39 is 0 Å². The molecule has 0 aliphatic heterocycles. The van der Waals surface area contributed by atoms with Gasteiger partial charge in [0, 0.05) is 13.7 Å². The van der Waals surface area contributed by atoms with Crippen molar-refractivity contribution in [3.63, 3.8) is 0 Å². The normalized spacial score (nSPS) is 14.6. The minimum absolute atomic E-state index is 0.547. The van der Waals surface area contributed by atoms with Crippen LogP contribution in [0.1, 0.15) is 24.5 Å². The highest BCUT2D eigenvalue weighted by Gasteiger charge is 2.16. The lowest BCUT2D eigenvalue weighted by atomic mass is 9.85. The predicted octanol–water partition coefficient (Wildman–Crippen LogP) is 2.79. The van der Waals surface area contributed by atoms with E-state index in [1.165, 1.54) is 11.1 Å². The molecule has 2 atom stereocenters. The number of benzene rings is 1. The standard InChI is InChI=1S/C15H25NO/c1-12-6-4-5-7-14(12)10-15(11-16)13(2)8-9-17-3/h4-7,13,15H,8-11,16H2,1-3H3. The number of methoxy groups -OCH3 is 1. The van der Waals surface area contributed by atoms with Crippen LogP contribution in [0.2, 0.25) is 0 Å². The molecule has 0 aromatic heterocycles. The second-order valence-electron chi connectivity index (χ2n) is 4.89. The van der Waals surface area contributed by atoms with Gasteiger partial charge in [0.15, 0.2) is 0 Å². The Morgan fingerprint density at radius 1 is 1.29 bits per heavy atom. The minimum atomic E-state index is 0.547. The first-order valence-electron chi connectivity index (χ1n) is 6.42. The van der Waals surface area contributed by atoms with Gasteiger partial charge in [0.25, 0.3) is 0 Å². The van der Waals surface area contributed by atoms with Gasteiger partial charge in [0.05, 0.1) is 0 Å². The second-order valence-corrected chi connectivity index (χ2v) is 4.89. The quantitative estimate of drug-likeness (QED) is 0.788. The number of ether oxygens (including phenoxy) is 1. The van der Waals surface area contributed by atoms with Crippen molar-refractivity contribution in [1.29, 1.82) is 0 Å². The number of aryl methyl sites for hydroxylation is 1. The monoisotopic (exact) mass is 235 g/mol. The van der Waals surface area contributed by atoms with Gasteiger partial charge in [-0.05, 0) is 49.3 Å². The summed E-state index contributed by atoms with van der Waals surface area (Å²) < 4.78 is 5.14. The first-order valence-corrected chi connectivity index (χ1v) is 6.42. The van der Waals surface area contributed by atoms with Crippen molar-refractivity contribution >= 4 is 0 Å². The number of hydrogen-bond donors (Lipinski definition) is 1. The van der Waals surface area contributed by atoms with Crippen LogP contribution >= 0.6 is 0 Å². The van der Waals surface area contributed by atoms with Crippen LogP contribution in [0.5, 0.6) is 0 Å². The van der Waals surface area contributed by atoms with Crippen LogP contribution in [0.25, 0.3) is 0 Å². The van der Waals surface area contributed by atoms with Gasteiger partial charge in [-0.2, -0.15) is 0 Å². The summed E-state index contributed by atoms with van der Waals surface area (Å²) in [5, 5.41) is 0. The molecule has 0 radical (unpaired) electrons. The van der Waals surface area contributed by atoms with Crippen molar-refractivity contribution in [3.05, 3.63) is 35.4 Å². The van der Waals surface area contributed by atoms with Crippen LogP contribution in [0.4, 0.5) is 0 Å². The van der Waals surface area contributed by atoms with Gasteiger partial charge < -0.3 is 10.5 Å². The van der Waals surface area contributed by atoms with Crippen LogP contribution in [-0.4, -0.2) is 20.3 Å². The lowest BCUT2D eigenvalue weighted by Crippen LogP contribution is -2.25. The molecule has 17 heavy (non-hydrogen) atoms. The molecule has 1 rings (SSSR count). The molecule has 96 valence electrons. The topological polar surface area (TPSA) is 35.2 Å². The summed E-state index contributed by atoms with van der Waals surface area (Å²) in [7, 11) is 1.76. The number of nitrogens with two attached hydrogens (primary N) is 1. The smallest absolute Gasteiger partial charge is 0.0464 e. The predicted molar refractivity (Wildman–Crippen MR) is 73.1 cm³/mol. The maximum Gasteiger partial charge on any atom is 0.0464 e. The zero-order valence-corrected chi connectivity index (χ0v) is 11.3. The molecule has 0 spiro atoms. The molecule has 1 aromatic carbocycles. The third kappa shape index (κ3) is 4.49. The maximum absolute atomic E-state index is 5.90.